The summed E-state index contributed by atoms with van der Waals surface area (Å²) in [6.45, 7) is 3.83. The number of carbonyl (C=O) groups is 1. The molecule has 1 heterocycles. The highest BCUT2D eigenvalue weighted by Crippen LogP contribution is 2.30. The lowest BCUT2D eigenvalue weighted by Gasteiger charge is -2.08. The molecule has 0 atom stereocenters. The average Bonchev–Trinajstić information content (AvgIpc) is 2.73. The third-order valence-corrected chi connectivity index (χ3v) is 3.63. The van der Waals surface area contributed by atoms with Gasteiger partial charge in [-0.1, -0.05) is 6.07 Å². The Morgan fingerprint density at radius 3 is 2.72 bits per heavy atom. The van der Waals surface area contributed by atoms with E-state index in [0.717, 1.165) is 16.0 Å². The summed E-state index contributed by atoms with van der Waals surface area (Å²) in [4.78, 5) is 13.3. The van der Waals surface area contributed by atoms with Gasteiger partial charge in [-0.3, -0.25) is 4.79 Å². The van der Waals surface area contributed by atoms with Crippen molar-refractivity contribution in [2.24, 2.45) is 0 Å². The molecule has 94 valence electrons. The number of amides is 1. The first kappa shape index (κ1) is 12.8. The molecule has 0 aliphatic carbocycles. The second-order valence-electron chi connectivity index (χ2n) is 4.12. The van der Waals surface area contributed by atoms with E-state index in [1.807, 2.05) is 19.1 Å². The van der Waals surface area contributed by atoms with Crippen molar-refractivity contribution in [2.75, 3.05) is 0 Å². The van der Waals surface area contributed by atoms with Crippen LogP contribution in [-0.2, 0) is 11.3 Å². The van der Waals surface area contributed by atoms with E-state index in [1.54, 1.807) is 17.4 Å². The van der Waals surface area contributed by atoms with Gasteiger partial charge >= 0.3 is 0 Å². The fraction of sp³-hybridized carbons (Fsp3) is 0.214. The molecule has 2 nitrogen and oxygen atoms in total. The van der Waals surface area contributed by atoms with E-state index in [9.17, 15) is 9.18 Å². The van der Waals surface area contributed by atoms with Crippen molar-refractivity contribution >= 4 is 17.2 Å². The van der Waals surface area contributed by atoms with Crippen LogP contribution < -0.4 is 5.32 Å². The summed E-state index contributed by atoms with van der Waals surface area (Å²) in [6, 6.07) is 8.73. The number of nitrogens with one attached hydrogen (secondary N) is 1. The smallest absolute Gasteiger partial charge is 0.217 e. The van der Waals surface area contributed by atoms with Crippen molar-refractivity contribution in [3.8, 4) is 10.4 Å². The number of hydrogen-bond acceptors (Lipinski definition) is 2. The molecular weight excluding hydrogens is 249 g/mol. The van der Waals surface area contributed by atoms with Crippen molar-refractivity contribution in [1.82, 2.24) is 5.32 Å². The molecule has 1 N–H and O–H groups in total. The maximum absolute atomic E-state index is 13.3. The van der Waals surface area contributed by atoms with E-state index >= 15 is 0 Å². The molecule has 0 fully saturated rings. The molecule has 0 radical (unpaired) electrons. The Hall–Kier alpha value is -1.68. The van der Waals surface area contributed by atoms with Gasteiger partial charge in [0.1, 0.15) is 5.82 Å². The largest absolute Gasteiger partial charge is 0.352 e. The fourth-order valence-electron chi connectivity index (χ4n) is 1.75. The van der Waals surface area contributed by atoms with Gasteiger partial charge in [-0.15, -0.1) is 11.3 Å². The Bertz CT molecular complexity index is 577. The monoisotopic (exact) mass is 263 g/mol. The van der Waals surface area contributed by atoms with Gasteiger partial charge < -0.3 is 5.32 Å². The number of thiophene rings is 1. The van der Waals surface area contributed by atoms with Crippen LogP contribution in [-0.4, -0.2) is 5.91 Å². The highest BCUT2D eigenvalue weighted by Gasteiger charge is 2.08. The van der Waals surface area contributed by atoms with Crippen molar-refractivity contribution < 1.29 is 9.18 Å². The summed E-state index contributed by atoms with van der Waals surface area (Å²) in [5.41, 5.74) is 1.77. The van der Waals surface area contributed by atoms with E-state index in [1.165, 1.54) is 23.9 Å². The summed E-state index contributed by atoms with van der Waals surface area (Å²) < 4.78 is 13.3. The van der Waals surface area contributed by atoms with Crippen molar-refractivity contribution in [3.63, 3.8) is 0 Å². The fourth-order valence-corrected chi connectivity index (χ4v) is 2.68. The Balaban J connectivity index is 2.37. The first-order chi connectivity index (χ1) is 8.56. The van der Waals surface area contributed by atoms with E-state index in [4.69, 9.17) is 0 Å². The van der Waals surface area contributed by atoms with Crippen LogP contribution in [0.25, 0.3) is 10.4 Å². The lowest BCUT2D eigenvalue weighted by atomic mass is 10.1. The van der Waals surface area contributed by atoms with Crippen molar-refractivity contribution in [3.05, 3.63) is 46.6 Å². The second-order valence-corrected chi connectivity index (χ2v) is 5.41. The van der Waals surface area contributed by atoms with Crippen LogP contribution in [0.15, 0.2) is 30.3 Å². The standard InChI is InChI=1S/C14H14FNOS/c1-9-3-6-14(18-9)13-5-4-12(15)7-11(13)8-16-10(2)17/h3-7H,8H2,1-2H3,(H,16,17). The molecule has 18 heavy (non-hydrogen) atoms. The quantitative estimate of drug-likeness (QED) is 0.902. The summed E-state index contributed by atoms with van der Waals surface area (Å²) in [6.07, 6.45) is 0. The predicted octanol–water partition coefficient (Wildman–Crippen LogP) is 3.50. The van der Waals surface area contributed by atoms with Gasteiger partial charge in [-0.2, -0.15) is 0 Å². The molecule has 0 saturated carbocycles. The summed E-state index contributed by atoms with van der Waals surface area (Å²) in [5, 5.41) is 2.71. The van der Waals surface area contributed by atoms with E-state index < -0.39 is 0 Å². The zero-order valence-electron chi connectivity index (χ0n) is 10.3. The number of hydrogen-bond donors (Lipinski definition) is 1. The normalized spacial score (nSPS) is 10.4. The summed E-state index contributed by atoms with van der Waals surface area (Å²) in [5.74, 6) is -0.403. The molecule has 1 aromatic carbocycles. The maximum Gasteiger partial charge on any atom is 0.217 e. The lowest BCUT2D eigenvalue weighted by molar-refractivity contribution is -0.119. The molecule has 0 bridgehead atoms. The third-order valence-electron chi connectivity index (χ3n) is 2.60. The van der Waals surface area contributed by atoms with Crippen LogP contribution in [0.5, 0.6) is 0 Å². The van der Waals surface area contributed by atoms with Crippen LogP contribution in [0, 0.1) is 12.7 Å². The molecule has 1 amide bonds. The van der Waals surface area contributed by atoms with E-state index in [-0.39, 0.29) is 11.7 Å². The average molecular weight is 263 g/mol. The molecular formula is C14H14FNOS. The van der Waals surface area contributed by atoms with Crippen LogP contribution in [0.3, 0.4) is 0 Å². The van der Waals surface area contributed by atoms with Gasteiger partial charge in [0.25, 0.3) is 0 Å². The maximum atomic E-state index is 13.3. The first-order valence-electron chi connectivity index (χ1n) is 5.66. The highest BCUT2D eigenvalue weighted by molar-refractivity contribution is 7.15. The third kappa shape index (κ3) is 2.96. The number of aryl methyl sites for hydroxylation is 1. The molecule has 0 spiro atoms. The van der Waals surface area contributed by atoms with Gasteiger partial charge in [-0.25, -0.2) is 4.39 Å². The Morgan fingerprint density at radius 1 is 1.33 bits per heavy atom. The Morgan fingerprint density at radius 2 is 2.11 bits per heavy atom. The molecule has 0 saturated heterocycles. The van der Waals surface area contributed by atoms with E-state index in [2.05, 4.69) is 5.32 Å². The van der Waals surface area contributed by atoms with Crippen molar-refractivity contribution in [2.45, 2.75) is 20.4 Å². The second kappa shape index (κ2) is 5.31. The zero-order chi connectivity index (χ0) is 13.1. The van der Waals surface area contributed by atoms with Gasteiger partial charge in [0.05, 0.1) is 0 Å². The molecule has 0 aliphatic heterocycles. The summed E-state index contributed by atoms with van der Waals surface area (Å²) in [7, 11) is 0. The number of rotatable bonds is 3. The lowest BCUT2D eigenvalue weighted by Crippen LogP contribution is -2.19. The highest BCUT2D eigenvalue weighted by atomic mass is 32.1. The van der Waals surface area contributed by atoms with Gasteiger partial charge in [0.15, 0.2) is 0 Å². The molecule has 2 rings (SSSR count). The topological polar surface area (TPSA) is 29.1 Å². The molecule has 4 heteroatoms. The van der Waals surface area contributed by atoms with Gasteiger partial charge in [0.2, 0.25) is 5.91 Å². The molecule has 0 aliphatic rings. The van der Waals surface area contributed by atoms with Crippen LogP contribution >= 0.6 is 11.3 Å². The minimum absolute atomic E-state index is 0.118. The predicted molar refractivity (Wildman–Crippen MR) is 72.0 cm³/mol. The minimum atomic E-state index is -0.285. The molecule has 1 aromatic heterocycles. The number of carbonyl (C=O) groups excluding carboxylic acids is 1. The number of halogens is 1. The SMILES string of the molecule is CC(=O)NCc1cc(F)ccc1-c1ccc(C)s1. The van der Waals surface area contributed by atoms with Crippen LogP contribution in [0.4, 0.5) is 4.39 Å². The summed E-state index contributed by atoms with van der Waals surface area (Å²) >= 11 is 1.66. The van der Waals surface area contributed by atoms with Crippen molar-refractivity contribution in [1.29, 1.82) is 0 Å². The van der Waals surface area contributed by atoms with Gasteiger partial charge in [-0.05, 0) is 42.3 Å². The van der Waals surface area contributed by atoms with Crippen LogP contribution in [0.2, 0.25) is 0 Å². The van der Waals surface area contributed by atoms with E-state index in [0.29, 0.717) is 6.54 Å². The van der Waals surface area contributed by atoms with Gasteiger partial charge in [0, 0.05) is 23.2 Å². The minimum Gasteiger partial charge on any atom is -0.352 e. The zero-order valence-corrected chi connectivity index (χ0v) is 11.1. The molecule has 2 aromatic rings. The Labute approximate surface area is 109 Å². The Kier molecular flexibility index (Phi) is 3.77. The van der Waals surface area contributed by atoms with Crippen LogP contribution in [0.1, 0.15) is 17.4 Å². The molecule has 0 unspecified atom stereocenters. The number of benzene rings is 1. The first-order valence-corrected chi connectivity index (χ1v) is 6.47.